The number of nitrogens with one attached hydrogen (secondary N) is 2. The van der Waals surface area contributed by atoms with Gasteiger partial charge in [0, 0.05) is 23.0 Å². The Bertz CT molecular complexity index is 1030. The molecule has 4 unspecified atom stereocenters. The van der Waals surface area contributed by atoms with E-state index in [0.29, 0.717) is 35.3 Å². The molecule has 0 aromatic heterocycles. The molecule has 2 aromatic rings. The maximum absolute atomic E-state index is 13.3. The van der Waals surface area contributed by atoms with Crippen molar-refractivity contribution in [2.45, 2.75) is 38.9 Å². The molecule has 4 rings (SSSR count). The summed E-state index contributed by atoms with van der Waals surface area (Å²) in [6.45, 7) is 6.66. The van der Waals surface area contributed by atoms with Gasteiger partial charge in [-0.1, -0.05) is 17.7 Å². The van der Waals surface area contributed by atoms with Gasteiger partial charge in [0.15, 0.2) is 11.5 Å². The number of fused-ring (bicyclic) bond motifs is 1. The quantitative estimate of drug-likeness (QED) is 0.465. The van der Waals surface area contributed by atoms with E-state index in [1.165, 1.54) is 0 Å². The zero-order valence-electron chi connectivity index (χ0n) is 19.0. The Balaban J connectivity index is 1.80. The summed E-state index contributed by atoms with van der Waals surface area (Å²) in [5, 5.41) is 20.9. The number of amides is 1. The molecule has 0 spiro atoms. The first-order chi connectivity index (χ1) is 15.9. The first-order valence-corrected chi connectivity index (χ1v) is 11.6. The molecule has 2 saturated heterocycles. The van der Waals surface area contributed by atoms with E-state index >= 15 is 0 Å². The van der Waals surface area contributed by atoms with Crippen molar-refractivity contribution in [1.29, 1.82) is 0 Å². The number of aromatic hydroxyl groups is 1. The van der Waals surface area contributed by atoms with Gasteiger partial charge in [0.2, 0.25) is 5.91 Å². The van der Waals surface area contributed by atoms with Gasteiger partial charge >= 0.3 is 0 Å². The van der Waals surface area contributed by atoms with E-state index in [-0.39, 0.29) is 42.8 Å². The molecule has 0 saturated carbocycles. The number of phenolic OH excluding ortho intramolecular Hbond substituents is 1. The molecular weight excluding hydrogens is 446 g/mol. The first kappa shape index (κ1) is 23.6. The van der Waals surface area contributed by atoms with Crippen LogP contribution in [0.1, 0.15) is 42.6 Å². The normalized spacial score (nSPS) is 24.3. The molecule has 33 heavy (non-hydrogen) atoms. The lowest BCUT2D eigenvalue weighted by Crippen LogP contribution is -2.42. The predicted octanol–water partition coefficient (Wildman–Crippen LogP) is 2.86. The lowest BCUT2D eigenvalue weighted by atomic mass is 9.83. The molecule has 178 valence electrons. The van der Waals surface area contributed by atoms with E-state index < -0.39 is 6.04 Å². The third kappa shape index (κ3) is 4.24. The number of aliphatic hydroxyl groups is 1. The minimum atomic E-state index is -0.520. The molecule has 0 aliphatic carbocycles. The van der Waals surface area contributed by atoms with E-state index in [2.05, 4.69) is 10.9 Å². The summed E-state index contributed by atoms with van der Waals surface area (Å²) < 4.78 is 11.5. The second kappa shape index (κ2) is 9.77. The van der Waals surface area contributed by atoms with Crippen LogP contribution in [-0.4, -0.2) is 53.4 Å². The summed E-state index contributed by atoms with van der Waals surface area (Å²) >= 11 is 6.37. The van der Waals surface area contributed by atoms with Crippen molar-refractivity contribution in [3.63, 3.8) is 0 Å². The van der Waals surface area contributed by atoms with Crippen molar-refractivity contribution in [3.8, 4) is 17.2 Å². The first-order valence-electron chi connectivity index (χ1n) is 11.2. The molecule has 4 N–H and O–H groups in total. The van der Waals surface area contributed by atoms with E-state index in [9.17, 15) is 15.0 Å². The number of carbonyl (C=O) groups excluding carboxylic acids is 1. The average Bonchev–Trinajstić information content (AvgIpc) is 3.32. The van der Waals surface area contributed by atoms with Crippen molar-refractivity contribution < 1.29 is 24.5 Å². The van der Waals surface area contributed by atoms with E-state index in [4.69, 9.17) is 21.1 Å². The summed E-state index contributed by atoms with van der Waals surface area (Å²) in [5.41, 5.74) is 8.55. The third-order valence-corrected chi connectivity index (χ3v) is 6.71. The molecule has 0 bridgehead atoms. The topological polar surface area (TPSA) is 103 Å². The Morgan fingerprint density at radius 2 is 1.76 bits per heavy atom. The number of hydrogen-bond acceptors (Lipinski definition) is 7. The van der Waals surface area contributed by atoms with Gasteiger partial charge in [-0.2, -0.15) is 0 Å². The minimum Gasteiger partial charge on any atom is -0.508 e. The van der Waals surface area contributed by atoms with Crippen molar-refractivity contribution in [2.24, 2.45) is 5.92 Å². The number of aliphatic hydroxyl groups excluding tert-OH is 1. The van der Waals surface area contributed by atoms with E-state index in [1.807, 2.05) is 39.0 Å². The number of ether oxygens (including phenoxy) is 2. The molecule has 9 heteroatoms. The zero-order valence-corrected chi connectivity index (χ0v) is 19.7. The van der Waals surface area contributed by atoms with Crippen LogP contribution in [0.25, 0.3) is 0 Å². The largest absolute Gasteiger partial charge is 0.508 e. The van der Waals surface area contributed by atoms with Crippen LogP contribution in [-0.2, 0) is 4.79 Å². The average molecular weight is 476 g/mol. The zero-order chi connectivity index (χ0) is 23.7. The van der Waals surface area contributed by atoms with Crippen LogP contribution in [0, 0.1) is 12.8 Å². The van der Waals surface area contributed by atoms with Gasteiger partial charge in [-0.15, -0.1) is 0 Å². The summed E-state index contributed by atoms with van der Waals surface area (Å²) in [6, 6.07) is 7.79. The van der Waals surface area contributed by atoms with Crippen LogP contribution in [0.2, 0.25) is 5.02 Å². The second-order valence-corrected chi connectivity index (χ2v) is 8.66. The van der Waals surface area contributed by atoms with Crippen LogP contribution in [0.4, 0.5) is 0 Å². The van der Waals surface area contributed by atoms with Crippen LogP contribution in [0.5, 0.6) is 17.2 Å². The third-order valence-electron chi connectivity index (χ3n) is 6.31. The van der Waals surface area contributed by atoms with Crippen molar-refractivity contribution in [1.82, 2.24) is 15.8 Å². The molecule has 2 aliphatic rings. The number of β-amino-alcohol motifs (C(OH)–C–C–N with tert-alkyl or cyclic N) is 1. The number of carbonyl (C=O) groups is 1. The molecule has 4 atom stereocenters. The van der Waals surface area contributed by atoms with Crippen molar-refractivity contribution >= 4 is 17.5 Å². The van der Waals surface area contributed by atoms with Crippen molar-refractivity contribution in [3.05, 3.63) is 52.0 Å². The van der Waals surface area contributed by atoms with Gasteiger partial charge in [0.05, 0.1) is 31.9 Å². The number of aryl methyl sites for hydroxylation is 1. The van der Waals surface area contributed by atoms with Gasteiger partial charge < -0.3 is 24.6 Å². The highest BCUT2D eigenvalue weighted by molar-refractivity contribution is 6.31. The highest BCUT2D eigenvalue weighted by Gasteiger charge is 2.55. The number of likely N-dealkylation sites (tertiary alicyclic amines) is 1. The summed E-state index contributed by atoms with van der Waals surface area (Å²) in [7, 11) is 0. The van der Waals surface area contributed by atoms with Gasteiger partial charge in [0.1, 0.15) is 11.8 Å². The number of rotatable bonds is 8. The van der Waals surface area contributed by atoms with E-state index in [0.717, 1.165) is 11.1 Å². The van der Waals surface area contributed by atoms with Crippen molar-refractivity contribution in [2.75, 3.05) is 26.4 Å². The molecule has 1 amide bonds. The Morgan fingerprint density at radius 3 is 2.45 bits per heavy atom. The predicted molar refractivity (Wildman–Crippen MR) is 124 cm³/mol. The number of hydrazine groups is 1. The van der Waals surface area contributed by atoms with Crippen LogP contribution < -0.4 is 20.3 Å². The maximum Gasteiger partial charge on any atom is 0.242 e. The van der Waals surface area contributed by atoms with Gasteiger partial charge in [0.25, 0.3) is 0 Å². The molecule has 8 nitrogen and oxygen atoms in total. The van der Waals surface area contributed by atoms with Crippen LogP contribution in [0.3, 0.4) is 0 Å². The molecule has 2 heterocycles. The number of phenols is 1. The Morgan fingerprint density at radius 1 is 1.06 bits per heavy atom. The smallest absolute Gasteiger partial charge is 0.242 e. The minimum absolute atomic E-state index is 0.112. The van der Waals surface area contributed by atoms with Gasteiger partial charge in [-0.05, 0) is 56.2 Å². The summed E-state index contributed by atoms with van der Waals surface area (Å²) in [5.74, 6) is 0.985. The highest BCUT2D eigenvalue weighted by atomic mass is 35.5. The number of benzene rings is 2. The van der Waals surface area contributed by atoms with Gasteiger partial charge in [-0.3, -0.25) is 4.79 Å². The Kier molecular flexibility index (Phi) is 6.99. The number of hydrogen-bond donors (Lipinski definition) is 4. The fourth-order valence-corrected chi connectivity index (χ4v) is 5.08. The van der Waals surface area contributed by atoms with Gasteiger partial charge in [-0.25, -0.2) is 10.9 Å². The highest BCUT2D eigenvalue weighted by Crippen LogP contribution is 2.50. The van der Waals surface area contributed by atoms with E-state index in [1.54, 1.807) is 17.0 Å². The molecular formula is C24H30ClN3O5. The Hall–Kier alpha value is -2.52. The summed E-state index contributed by atoms with van der Waals surface area (Å²) in [4.78, 5) is 15.0. The molecule has 2 aliphatic heterocycles. The Labute approximate surface area is 198 Å². The molecule has 0 radical (unpaired) electrons. The number of halogens is 1. The molecule has 2 fully saturated rings. The fraction of sp³-hybridized carbons (Fsp3) is 0.458. The lowest BCUT2D eigenvalue weighted by Gasteiger charge is -2.31. The van der Waals surface area contributed by atoms with Crippen LogP contribution in [0.15, 0.2) is 30.3 Å². The fourth-order valence-electron chi connectivity index (χ4n) is 4.91. The second-order valence-electron chi connectivity index (χ2n) is 8.25. The monoisotopic (exact) mass is 475 g/mol. The maximum atomic E-state index is 13.3. The molecule has 2 aromatic carbocycles. The summed E-state index contributed by atoms with van der Waals surface area (Å²) in [6.07, 6.45) is 0. The SMILES string of the molecule is CCOc1ccc(C2C3C(NNC3c3cc(Cl)c(C)cc3O)C(=O)N2CCO)cc1OCC. The lowest BCUT2D eigenvalue weighted by molar-refractivity contribution is -0.131. The standard InChI is InChI=1S/C24H30ClN3O5/c1-4-32-18-7-6-14(11-19(18)33-5-2)23-20-21(15-12-16(25)13(3)10-17(15)30)26-27-22(20)24(31)28(23)8-9-29/h6-7,10-12,20-23,26-27,29-30H,4-5,8-9H2,1-3H3. The number of nitrogens with zero attached hydrogens (tertiary/aromatic N) is 1. The van der Waals surface area contributed by atoms with Crippen LogP contribution >= 0.6 is 11.6 Å².